The number of anilines is 2. The third-order valence-corrected chi connectivity index (χ3v) is 8.80. The Bertz CT molecular complexity index is 2600. The van der Waals surface area contributed by atoms with Crippen LogP contribution < -0.4 is 39.3 Å². The largest absolute Gasteiger partial charge is 0.397 e. The molecule has 0 saturated carbocycles. The number of amides is 1. The van der Waals surface area contributed by atoms with Crippen molar-refractivity contribution in [2.45, 2.75) is 106 Å². The van der Waals surface area contributed by atoms with E-state index in [2.05, 4.69) is 81.1 Å². The first-order chi connectivity index (χ1) is 28.5. The van der Waals surface area contributed by atoms with E-state index in [1.807, 2.05) is 68.3 Å². The summed E-state index contributed by atoms with van der Waals surface area (Å²) in [7, 11) is 0. The number of nitrogens with one attached hydrogen (secondary N) is 3. The summed E-state index contributed by atoms with van der Waals surface area (Å²) in [5.74, 6) is 1.94. The molecule has 0 aromatic carbocycles. The van der Waals surface area contributed by atoms with E-state index in [4.69, 9.17) is 17.2 Å². The van der Waals surface area contributed by atoms with Gasteiger partial charge in [0, 0.05) is 66.6 Å². The number of rotatable bonds is 5. The van der Waals surface area contributed by atoms with Gasteiger partial charge >= 0.3 is 5.69 Å². The predicted octanol–water partition coefficient (Wildman–Crippen LogP) is 4.25. The Morgan fingerprint density at radius 2 is 1.26 bits per heavy atom. The molecule has 0 aliphatic carbocycles. The minimum atomic E-state index is -0.355. The van der Waals surface area contributed by atoms with E-state index in [0.717, 1.165) is 16.7 Å². The lowest BCUT2D eigenvalue weighted by Gasteiger charge is -2.31. The van der Waals surface area contributed by atoms with Crippen LogP contribution in [0.3, 0.4) is 0 Å². The van der Waals surface area contributed by atoms with Crippen molar-refractivity contribution in [2.75, 3.05) is 11.5 Å². The monoisotopic (exact) mass is 840 g/mol. The number of aliphatic imine (C=N–C) groups is 1. The summed E-state index contributed by atoms with van der Waals surface area (Å²) in [6.45, 7) is 29.5. The number of imidazole rings is 2. The van der Waals surface area contributed by atoms with Crippen molar-refractivity contribution in [2.24, 2.45) is 10.7 Å². The Labute approximate surface area is 354 Å². The molecule has 0 bridgehead atoms. The fourth-order valence-corrected chi connectivity index (χ4v) is 5.54. The lowest BCUT2D eigenvalue weighted by Crippen LogP contribution is -2.40. The maximum atomic E-state index is 11.4. The number of nitrogens with two attached hydrogens (primary N) is 3. The molecule has 2 aliphatic heterocycles. The molecule has 2 aliphatic rings. The van der Waals surface area contributed by atoms with Crippen LogP contribution in [-0.4, -0.2) is 77.2 Å². The number of amidine groups is 1. The molecule has 5 aromatic heterocycles. The van der Waals surface area contributed by atoms with Gasteiger partial charge in [0.05, 0.1) is 18.3 Å². The van der Waals surface area contributed by atoms with Gasteiger partial charge in [0.25, 0.3) is 17.0 Å². The van der Waals surface area contributed by atoms with Gasteiger partial charge in [-0.2, -0.15) is 4.98 Å². The predicted molar refractivity (Wildman–Crippen MR) is 242 cm³/mol. The van der Waals surface area contributed by atoms with E-state index in [1.165, 1.54) is 16.8 Å². The van der Waals surface area contributed by atoms with Gasteiger partial charge < -0.3 is 41.5 Å². The molecule has 328 valence electrons. The quantitative estimate of drug-likeness (QED) is 0.145. The second kappa shape index (κ2) is 21.1. The number of aromatic nitrogens is 9. The van der Waals surface area contributed by atoms with Crippen LogP contribution in [0.5, 0.6) is 0 Å². The molecule has 5 aromatic rings. The molecular weight excluding hydrogens is 781 g/mol. The maximum absolute atomic E-state index is 11.4. The summed E-state index contributed by atoms with van der Waals surface area (Å²) in [5.41, 5.74) is 19.6. The van der Waals surface area contributed by atoms with E-state index in [1.54, 1.807) is 42.5 Å². The van der Waals surface area contributed by atoms with Crippen LogP contribution in [0.2, 0.25) is 0 Å². The molecule has 20 nitrogen and oxygen atoms in total. The molecule has 0 radical (unpaired) electrons. The number of H-pyrrole nitrogens is 2. The molecule has 0 spiro atoms. The third kappa shape index (κ3) is 12.9. The Morgan fingerprint density at radius 3 is 1.80 bits per heavy atom. The highest BCUT2D eigenvalue weighted by Crippen LogP contribution is 2.20. The van der Waals surface area contributed by atoms with Crippen molar-refractivity contribution in [3.63, 3.8) is 0 Å². The number of nitrogens with zero attached hydrogens (tertiary/aromatic N) is 10. The Hall–Kier alpha value is -7.25. The van der Waals surface area contributed by atoms with Gasteiger partial charge in [0.15, 0.2) is 16.8 Å². The van der Waals surface area contributed by atoms with Gasteiger partial charge in [0.1, 0.15) is 23.0 Å². The van der Waals surface area contributed by atoms with Crippen molar-refractivity contribution >= 4 is 45.7 Å². The molecule has 0 saturated heterocycles. The minimum absolute atomic E-state index is 0.0584. The summed E-state index contributed by atoms with van der Waals surface area (Å²) in [4.78, 5) is 73.1. The second-order valence-electron chi connectivity index (χ2n) is 15.3. The zero-order valence-electron chi connectivity index (χ0n) is 36.8. The zero-order chi connectivity index (χ0) is 45.9. The average Bonchev–Trinajstić information content (AvgIpc) is 3.80. The number of hydrogen-bond donors (Lipinski definition) is 6. The van der Waals surface area contributed by atoms with Crippen LogP contribution in [0.4, 0.5) is 11.6 Å². The van der Waals surface area contributed by atoms with Crippen LogP contribution in [0, 0.1) is 0 Å². The van der Waals surface area contributed by atoms with Crippen molar-refractivity contribution in [1.29, 1.82) is 0 Å². The van der Waals surface area contributed by atoms with E-state index >= 15 is 0 Å². The fraction of sp³-hybridized carbons (Fsp3) is 0.390. The first kappa shape index (κ1) is 48.1. The molecular formula is C41H60N16O4. The fourth-order valence-electron chi connectivity index (χ4n) is 5.54. The van der Waals surface area contributed by atoms with Crippen LogP contribution in [0.15, 0.2) is 105 Å². The third-order valence-electron chi connectivity index (χ3n) is 8.80. The highest BCUT2D eigenvalue weighted by atomic mass is 16.2. The van der Waals surface area contributed by atoms with Gasteiger partial charge in [-0.1, -0.05) is 13.2 Å². The maximum Gasteiger partial charge on any atom is 0.328 e. The number of carbonyl (C=O) groups excluding carboxylic acids is 1. The molecule has 1 amide bonds. The highest BCUT2D eigenvalue weighted by Gasteiger charge is 2.19. The molecule has 7 heterocycles. The van der Waals surface area contributed by atoms with Crippen molar-refractivity contribution in [1.82, 2.24) is 58.7 Å². The first-order valence-electron chi connectivity index (χ1n) is 19.6. The Balaban J connectivity index is 0.000000204. The summed E-state index contributed by atoms with van der Waals surface area (Å²) < 4.78 is 5.27. The van der Waals surface area contributed by atoms with E-state index in [-0.39, 0.29) is 40.7 Å². The zero-order valence-corrected chi connectivity index (χ0v) is 36.8. The van der Waals surface area contributed by atoms with Crippen molar-refractivity contribution < 1.29 is 4.79 Å². The Morgan fingerprint density at radius 1 is 0.689 bits per heavy atom. The van der Waals surface area contributed by atoms with Crippen LogP contribution in [0.25, 0.3) is 22.3 Å². The van der Waals surface area contributed by atoms with Gasteiger partial charge in [-0.15, -0.1) is 0 Å². The van der Waals surface area contributed by atoms with Gasteiger partial charge in [0.2, 0.25) is 5.95 Å². The van der Waals surface area contributed by atoms with Gasteiger partial charge in [-0.25, -0.2) is 24.7 Å². The average molecular weight is 841 g/mol. The number of aromatic amines is 2. The summed E-state index contributed by atoms with van der Waals surface area (Å²) >= 11 is 0. The lowest BCUT2D eigenvalue weighted by atomic mass is 10.2. The second-order valence-corrected chi connectivity index (χ2v) is 15.3. The van der Waals surface area contributed by atoms with Crippen LogP contribution >= 0.6 is 0 Å². The molecule has 0 atom stereocenters. The summed E-state index contributed by atoms with van der Waals surface area (Å²) in [5, 5.41) is 2.68. The highest BCUT2D eigenvalue weighted by molar-refractivity contribution is 5.94. The number of carbonyl (C=O) groups is 1. The van der Waals surface area contributed by atoms with E-state index < -0.39 is 0 Å². The van der Waals surface area contributed by atoms with Gasteiger partial charge in [-0.05, 0) is 88.3 Å². The van der Waals surface area contributed by atoms with Crippen LogP contribution in [-0.2, 0) is 4.79 Å². The molecule has 61 heavy (non-hydrogen) atoms. The number of pyridine rings is 1. The minimum Gasteiger partial charge on any atom is -0.397 e. The topological polar surface area (TPSA) is 275 Å². The lowest BCUT2D eigenvalue weighted by molar-refractivity contribution is -0.117. The molecule has 20 heteroatoms. The van der Waals surface area contributed by atoms with E-state index in [0.29, 0.717) is 52.5 Å². The normalized spacial score (nSPS) is 13.6. The standard InChI is InChI=1S/C9H12N4.C9H14N2O.C8H11N5O.C8H13N3.C7H10N2O2/c1-6(2)13-5-12-8-7(10)3-4-11-9(8)13;1-6(2)11-5-7(3)9(12)10-8(11)4;1-4(2)13-3-10-5-6(13)11-8(9)12-7(5)14;1-6(2)11-5-4-8(9)10-7(11)3;1-5(2)9-4-3-6(10)8-7(9)11/h3-6H,1-2H3,(H2,10,11);5-6H,4H2,1-3H3,(H,10,12);3-4H,1-2H3,(H3,9,11,12,14);4-6H,3H2,1-2H3,(H2,9,10);3-5H,1-2H3,(H,8,10,11). The number of hydrogen-bond acceptors (Lipinski definition) is 14. The smallest absolute Gasteiger partial charge is 0.328 e. The first-order valence-corrected chi connectivity index (χ1v) is 19.6. The SMILES string of the molecule is C=C1N=C(N)C=CN1C(C)C.C=C1NC(=O)C(C)=CN1C(C)C.CC(C)n1ccc(=O)[nH]c1=O.CC(C)n1cnc2c(=O)[nH]c(N)nc21.CC(C)n1cnc2c(N)ccnc21. The molecule has 7 rings (SSSR count). The summed E-state index contributed by atoms with van der Waals surface area (Å²) in [6, 6.07) is 4.46. The molecule has 0 unspecified atom stereocenters. The van der Waals surface area contributed by atoms with Crippen molar-refractivity contribution in [3.05, 3.63) is 117 Å². The number of fused-ring (bicyclic) bond motifs is 2. The number of nitrogen functional groups attached to an aromatic ring is 2. The van der Waals surface area contributed by atoms with E-state index in [9.17, 15) is 19.2 Å². The Kier molecular flexibility index (Phi) is 16.7. The molecule has 0 fully saturated rings. The molecule has 9 N–H and O–H groups in total. The van der Waals surface area contributed by atoms with Crippen molar-refractivity contribution in [3.8, 4) is 0 Å². The van der Waals surface area contributed by atoms with Crippen LogP contribution in [0.1, 0.15) is 94.3 Å². The van der Waals surface area contributed by atoms with Gasteiger partial charge in [-0.3, -0.25) is 28.9 Å². The summed E-state index contributed by atoms with van der Waals surface area (Å²) in [6.07, 6.45) is 12.1.